The Labute approximate surface area is 393 Å². The summed E-state index contributed by atoms with van der Waals surface area (Å²) in [7, 11) is 6.28. The molecule has 0 aliphatic heterocycles. The van der Waals surface area contributed by atoms with Gasteiger partial charge in [0.2, 0.25) is 0 Å². The first kappa shape index (κ1) is 50.0. The zero-order chi connectivity index (χ0) is 50.0. The monoisotopic (exact) mass is 946 g/mol. The second-order valence-corrected chi connectivity index (χ2v) is 15.8. The van der Waals surface area contributed by atoms with E-state index < -0.39 is 41.2 Å². The second kappa shape index (κ2) is 21.5. The first-order chi connectivity index (χ1) is 32.7. The van der Waals surface area contributed by atoms with Gasteiger partial charge in [0.05, 0.1) is 33.6 Å². The number of nitrogens with one attached hydrogen (secondary N) is 2. The van der Waals surface area contributed by atoms with Crippen molar-refractivity contribution in [2.24, 2.45) is 0 Å². The van der Waals surface area contributed by atoms with Crippen LogP contribution in [0, 0.1) is 0 Å². The topological polar surface area (TPSA) is 128 Å². The quantitative estimate of drug-likeness (QED) is 0.0875. The summed E-state index contributed by atoms with van der Waals surface area (Å²) >= 11 is 0. The number of rotatable bonds is 11. The van der Waals surface area contributed by atoms with Gasteiger partial charge in [0.25, 0.3) is 23.6 Å². The number of phenols is 1. The molecule has 10 nitrogen and oxygen atoms in total. The lowest BCUT2D eigenvalue weighted by Gasteiger charge is -2.17. The SMILES string of the molecule is CN(C)C(=O)c1cc(O)ccc1NC(=O)c1ccccc1-c1ccc(C(F)(F)F)cc1.CN(C)C(=O)c1cc(OCc2ccccc2)ccc1NC(=O)c1ccccc1-c1ccc(C(F)(F)F)cc1. The largest absolute Gasteiger partial charge is 0.508 e. The van der Waals surface area contributed by atoms with E-state index in [1.807, 2.05) is 30.3 Å². The van der Waals surface area contributed by atoms with Crippen molar-refractivity contribution in [1.29, 1.82) is 0 Å². The van der Waals surface area contributed by atoms with Gasteiger partial charge < -0.3 is 30.3 Å². The van der Waals surface area contributed by atoms with Crippen LogP contribution in [-0.2, 0) is 19.0 Å². The molecule has 0 aromatic heterocycles. The van der Waals surface area contributed by atoms with Crippen LogP contribution in [-0.4, -0.2) is 66.7 Å². The number of hydrogen-bond acceptors (Lipinski definition) is 6. The molecule has 0 radical (unpaired) electrons. The van der Waals surface area contributed by atoms with Gasteiger partial charge in [-0.2, -0.15) is 26.3 Å². The Balaban J connectivity index is 0.000000232. The predicted octanol–water partition coefficient (Wildman–Crippen LogP) is 11.9. The van der Waals surface area contributed by atoms with Crippen LogP contribution < -0.4 is 15.4 Å². The number of ether oxygens (including phenoxy) is 1. The number of amides is 4. The van der Waals surface area contributed by atoms with E-state index in [9.17, 15) is 50.6 Å². The fraction of sp³-hybridized carbons (Fsp3) is 0.132. The van der Waals surface area contributed by atoms with Gasteiger partial charge in [-0.1, -0.05) is 91.0 Å². The van der Waals surface area contributed by atoms with E-state index in [2.05, 4.69) is 10.6 Å². The number of nitrogens with zero attached hydrogens (tertiary/aromatic N) is 2. The minimum Gasteiger partial charge on any atom is -0.508 e. The van der Waals surface area contributed by atoms with Gasteiger partial charge >= 0.3 is 12.4 Å². The van der Waals surface area contributed by atoms with Crippen molar-refractivity contribution in [2.75, 3.05) is 38.8 Å². The number of phenolic OH excluding ortho intramolecular Hbond substituents is 1. The molecule has 4 amide bonds. The number of alkyl halides is 6. The van der Waals surface area contributed by atoms with E-state index in [-0.39, 0.29) is 45.3 Å². The molecule has 3 N–H and O–H groups in total. The highest BCUT2D eigenvalue weighted by Crippen LogP contribution is 2.34. The molecule has 0 atom stereocenters. The average Bonchev–Trinajstić information content (AvgIpc) is 3.33. The van der Waals surface area contributed by atoms with Crippen molar-refractivity contribution in [1.82, 2.24) is 9.80 Å². The number of carbonyl (C=O) groups excluding carboxylic acids is 4. The predicted molar refractivity (Wildman–Crippen MR) is 251 cm³/mol. The minimum atomic E-state index is -4.46. The smallest absolute Gasteiger partial charge is 0.416 e. The molecule has 69 heavy (non-hydrogen) atoms. The first-order valence-corrected chi connectivity index (χ1v) is 20.9. The molecule has 7 rings (SSSR count). The van der Waals surface area contributed by atoms with Gasteiger partial charge in [-0.05, 0) is 101 Å². The summed E-state index contributed by atoms with van der Waals surface area (Å²) in [4.78, 5) is 54.4. The maximum atomic E-state index is 13.3. The molecule has 7 aromatic carbocycles. The summed E-state index contributed by atoms with van der Waals surface area (Å²) in [5.41, 5.74) is 2.49. The highest BCUT2D eigenvalue weighted by Gasteiger charge is 2.31. The molecule has 0 bridgehead atoms. The van der Waals surface area contributed by atoms with Gasteiger partial charge in [-0.25, -0.2) is 0 Å². The molecule has 0 heterocycles. The molecule has 0 saturated heterocycles. The highest BCUT2D eigenvalue weighted by molar-refractivity contribution is 6.13. The number of aromatic hydroxyl groups is 1. The Morgan fingerprint density at radius 2 is 0.899 bits per heavy atom. The van der Waals surface area contributed by atoms with E-state index in [1.54, 1.807) is 74.8 Å². The number of carbonyl (C=O) groups is 4. The van der Waals surface area contributed by atoms with Crippen LogP contribution in [0.5, 0.6) is 11.5 Å². The third-order valence-electron chi connectivity index (χ3n) is 10.4. The van der Waals surface area contributed by atoms with Crippen LogP contribution in [0.4, 0.5) is 37.7 Å². The molecule has 16 heteroatoms. The molecular formula is C53H44F6N4O6. The molecule has 0 aliphatic rings. The van der Waals surface area contributed by atoms with Gasteiger partial charge in [-0.3, -0.25) is 19.2 Å². The Bertz CT molecular complexity index is 2960. The number of benzene rings is 7. The summed E-state index contributed by atoms with van der Waals surface area (Å²) in [6.07, 6.45) is -8.91. The Morgan fingerprint density at radius 1 is 0.493 bits per heavy atom. The molecule has 0 unspecified atom stereocenters. The average molecular weight is 947 g/mol. The van der Waals surface area contributed by atoms with Crippen LogP contribution in [0.3, 0.4) is 0 Å². The molecule has 0 fully saturated rings. The molecule has 0 spiro atoms. The Hall–Kier alpha value is -8.40. The van der Waals surface area contributed by atoms with E-state index in [0.29, 0.717) is 34.6 Å². The van der Waals surface area contributed by atoms with Crippen LogP contribution >= 0.6 is 0 Å². The maximum Gasteiger partial charge on any atom is 0.416 e. The number of hydrogen-bond donors (Lipinski definition) is 3. The summed E-state index contributed by atoms with van der Waals surface area (Å²) in [6, 6.07) is 40.6. The fourth-order valence-electron chi connectivity index (χ4n) is 6.86. The number of halogens is 6. The molecule has 354 valence electrons. The number of anilines is 2. The van der Waals surface area contributed by atoms with Crippen LogP contribution in [0.15, 0.2) is 164 Å². The zero-order valence-corrected chi connectivity index (χ0v) is 37.4. The van der Waals surface area contributed by atoms with Crippen LogP contribution in [0.1, 0.15) is 58.1 Å². The van der Waals surface area contributed by atoms with E-state index in [1.165, 1.54) is 72.4 Å². The Kier molecular flexibility index (Phi) is 15.6. The lowest BCUT2D eigenvalue weighted by molar-refractivity contribution is -0.138. The van der Waals surface area contributed by atoms with Crippen molar-refractivity contribution >= 4 is 35.0 Å². The normalized spacial score (nSPS) is 11.1. The lowest BCUT2D eigenvalue weighted by Crippen LogP contribution is -2.24. The van der Waals surface area contributed by atoms with Crippen molar-refractivity contribution in [3.63, 3.8) is 0 Å². The van der Waals surface area contributed by atoms with Gasteiger partial charge in [0.1, 0.15) is 18.1 Å². The molecule has 7 aromatic rings. The van der Waals surface area contributed by atoms with Crippen molar-refractivity contribution in [3.05, 3.63) is 203 Å². The standard InChI is InChI=1S/C30H25F3N2O3.C23H19F3N2O3/c1-35(2)29(37)26-18-23(38-19-20-8-4-3-5-9-20)16-17-27(26)34-28(36)25-11-7-6-10-24(25)21-12-14-22(15-13-21)30(31,32)33;1-28(2)22(31)19-13-16(29)11-12-20(19)27-21(30)18-6-4-3-5-17(18)14-7-9-15(10-8-14)23(24,25)26/h3-18H,19H2,1-2H3,(H,34,36);3-13,29H,1-2H3,(H,27,30). The van der Waals surface area contributed by atoms with Crippen LogP contribution in [0.2, 0.25) is 0 Å². The third-order valence-corrected chi connectivity index (χ3v) is 10.4. The summed E-state index contributed by atoms with van der Waals surface area (Å²) in [6.45, 7) is 0.308. The Morgan fingerprint density at radius 3 is 1.33 bits per heavy atom. The highest BCUT2D eigenvalue weighted by atomic mass is 19.4. The van der Waals surface area contributed by atoms with Crippen molar-refractivity contribution in [3.8, 4) is 33.8 Å². The zero-order valence-electron chi connectivity index (χ0n) is 37.4. The van der Waals surface area contributed by atoms with Crippen molar-refractivity contribution in [2.45, 2.75) is 19.0 Å². The van der Waals surface area contributed by atoms with Gasteiger partial charge in [-0.15, -0.1) is 0 Å². The minimum absolute atomic E-state index is 0.102. The fourth-order valence-corrected chi connectivity index (χ4v) is 6.86. The van der Waals surface area contributed by atoms with Gasteiger partial charge in [0, 0.05) is 39.3 Å². The molecular weight excluding hydrogens is 903 g/mol. The maximum absolute atomic E-state index is 13.3. The van der Waals surface area contributed by atoms with Gasteiger partial charge in [0.15, 0.2) is 0 Å². The summed E-state index contributed by atoms with van der Waals surface area (Å²) in [5.74, 6) is -1.47. The van der Waals surface area contributed by atoms with Crippen LogP contribution in [0.25, 0.3) is 22.3 Å². The van der Waals surface area contributed by atoms with Crippen molar-refractivity contribution < 1.29 is 55.4 Å². The molecule has 0 saturated carbocycles. The summed E-state index contributed by atoms with van der Waals surface area (Å²) in [5, 5.41) is 15.2. The van der Waals surface area contributed by atoms with E-state index in [0.717, 1.165) is 29.8 Å². The lowest BCUT2D eigenvalue weighted by atomic mass is 9.98. The summed E-state index contributed by atoms with van der Waals surface area (Å²) < 4.78 is 83.4. The third kappa shape index (κ3) is 12.7. The molecule has 0 aliphatic carbocycles. The first-order valence-electron chi connectivity index (χ1n) is 20.9. The van der Waals surface area contributed by atoms with E-state index >= 15 is 0 Å². The van der Waals surface area contributed by atoms with E-state index in [4.69, 9.17) is 4.74 Å². The second-order valence-electron chi connectivity index (χ2n) is 15.8.